The molecule has 0 aliphatic carbocycles. The molecule has 0 saturated heterocycles. The molecule has 0 saturated carbocycles. The van der Waals surface area contributed by atoms with Crippen molar-refractivity contribution in [3.63, 3.8) is 0 Å². The Balaban J connectivity index is 2.26. The van der Waals surface area contributed by atoms with Gasteiger partial charge in [-0.2, -0.15) is 0 Å². The van der Waals surface area contributed by atoms with Crippen LogP contribution in [-0.2, 0) is 17.9 Å². The van der Waals surface area contributed by atoms with Crippen molar-refractivity contribution in [2.24, 2.45) is 5.73 Å². The quantitative estimate of drug-likeness (QED) is 0.855. The Kier molecular flexibility index (Phi) is 3.17. The molecule has 0 atom stereocenters. The van der Waals surface area contributed by atoms with Crippen LogP contribution in [-0.4, -0.2) is 15.6 Å². The van der Waals surface area contributed by atoms with Crippen molar-refractivity contribution in [2.45, 2.75) is 39.5 Å². The number of hydrogen-bond donors (Lipinski definition) is 2. The summed E-state index contributed by atoms with van der Waals surface area (Å²) in [6, 6.07) is 5.98. The van der Waals surface area contributed by atoms with Crippen LogP contribution in [0.3, 0.4) is 0 Å². The van der Waals surface area contributed by atoms with Crippen LogP contribution in [0.25, 0.3) is 11.0 Å². The second kappa shape index (κ2) is 4.47. The van der Waals surface area contributed by atoms with Gasteiger partial charge in [-0.05, 0) is 32.4 Å². The maximum atomic E-state index is 5.69. The molecule has 2 aromatic rings. The number of H-pyrrole nitrogens is 1. The fraction of sp³-hybridized carbons (Fsp3) is 0.462. The van der Waals surface area contributed by atoms with Crippen molar-refractivity contribution in [1.29, 1.82) is 0 Å². The second-order valence-electron chi connectivity index (χ2n) is 5.10. The van der Waals surface area contributed by atoms with Crippen LogP contribution in [0.5, 0.6) is 0 Å². The molecule has 1 aromatic carbocycles. The number of ether oxygens (including phenoxy) is 1. The molecule has 4 nitrogen and oxygen atoms in total. The van der Waals surface area contributed by atoms with E-state index < -0.39 is 0 Å². The number of fused-ring (bicyclic) bond motifs is 1. The van der Waals surface area contributed by atoms with Crippen molar-refractivity contribution in [3.05, 3.63) is 29.6 Å². The molecule has 0 aliphatic heterocycles. The Hall–Kier alpha value is -1.39. The largest absolute Gasteiger partial charge is 0.368 e. The van der Waals surface area contributed by atoms with Crippen molar-refractivity contribution in [3.8, 4) is 0 Å². The van der Waals surface area contributed by atoms with Gasteiger partial charge in [0.1, 0.15) is 12.4 Å². The van der Waals surface area contributed by atoms with E-state index in [-0.39, 0.29) is 5.60 Å². The van der Waals surface area contributed by atoms with Crippen LogP contribution >= 0.6 is 0 Å². The molecule has 0 aliphatic rings. The first-order valence-electron chi connectivity index (χ1n) is 5.80. The van der Waals surface area contributed by atoms with E-state index >= 15 is 0 Å². The number of rotatable bonds is 3. The number of aromatic amines is 1. The lowest BCUT2D eigenvalue weighted by atomic mass is 10.2. The second-order valence-corrected chi connectivity index (χ2v) is 5.10. The number of hydrogen-bond acceptors (Lipinski definition) is 3. The van der Waals surface area contributed by atoms with Crippen LogP contribution in [0.4, 0.5) is 0 Å². The molecule has 2 rings (SSSR count). The first kappa shape index (κ1) is 12.1. The number of nitrogens with two attached hydrogens (primary N) is 1. The zero-order valence-electron chi connectivity index (χ0n) is 10.6. The summed E-state index contributed by atoms with van der Waals surface area (Å²) in [5.74, 6) is 0.843. The zero-order valence-corrected chi connectivity index (χ0v) is 10.6. The number of aromatic nitrogens is 2. The van der Waals surface area contributed by atoms with Gasteiger partial charge in [0.15, 0.2) is 0 Å². The average Bonchev–Trinajstić information content (AvgIpc) is 2.67. The summed E-state index contributed by atoms with van der Waals surface area (Å²) in [6.45, 7) is 7.08. The number of nitrogens with one attached hydrogen (secondary N) is 1. The lowest BCUT2D eigenvalue weighted by Crippen LogP contribution is -2.19. The van der Waals surface area contributed by atoms with Crippen molar-refractivity contribution in [1.82, 2.24) is 9.97 Å². The molecule has 0 radical (unpaired) electrons. The minimum Gasteiger partial charge on any atom is -0.368 e. The molecule has 1 heterocycles. The molecule has 0 spiro atoms. The third kappa shape index (κ3) is 2.84. The molecule has 0 fully saturated rings. The van der Waals surface area contributed by atoms with Crippen molar-refractivity contribution >= 4 is 11.0 Å². The maximum Gasteiger partial charge on any atom is 0.133 e. The highest BCUT2D eigenvalue weighted by Crippen LogP contribution is 2.17. The van der Waals surface area contributed by atoms with Gasteiger partial charge in [0.2, 0.25) is 0 Å². The summed E-state index contributed by atoms with van der Waals surface area (Å²) in [7, 11) is 0. The smallest absolute Gasteiger partial charge is 0.133 e. The highest BCUT2D eigenvalue weighted by Gasteiger charge is 2.12. The van der Waals surface area contributed by atoms with Crippen LogP contribution in [0.1, 0.15) is 32.2 Å². The van der Waals surface area contributed by atoms with E-state index in [2.05, 4.69) is 9.97 Å². The Morgan fingerprint density at radius 3 is 2.76 bits per heavy atom. The molecular formula is C13H19N3O. The van der Waals surface area contributed by atoms with Crippen LogP contribution in [0.15, 0.2) is 18.2 Å². The molecule has 0 amide bonds. The number of para-hydroxylation sites is 1. The van der Waals surface area contributed by atoms with E-state index in [1.54, 1.807) is 0 Å². The third-order valence-corrected chi connectivity index (χ3v) is 2.51. The molecule has 4 heteroatoms. The van der Waals surface area contributed by atoms with E-state index in [0.29, 0.717) is 13.2 Å². The van der Waals surface area contributed by atoms with E-state index in [9.17, 15) is 0 Å². The zero-order chi connectivity index (χ0) is 12.5. The maximum absolute atomic E-state index is 5.69. The standard InChI is InChI=1S/C13H19N3O/c1-13(2,3)17-8-11-15-10-6-4-5-9(7-14)12(10)16-11/h4-6H,7-8,14H2,1-3H3,(H,15,16). The Labute approximate surface area is 101 Å². The highest BCUT2D eigenvalue weighted by molar-refractivity contribution is 5.78. The van der Waals surface area contributed by atoms with E-state index in [4.69, 9.17) is 10.5 Å². The molecular weight excluding hydrogens is 214 g/mol. The fourth-order valence-electron chi connectivity index (χ4n) is 1.66. The number of benzene rings is 1. The Morgan fingerprint density at radius 1 is 1.35 bits per heavy atom. The normalized spacial score (nSPS) is 12.2. The van der Waals surface area contributed by atoms with Gasteiger partial charge >= 0.3 is 0 Å². The van der Waals surface area contributed by atoms with Gasteiger partial charge in [-0.3, -0.25) is 0 Å². The van der Waals surface area contributed by atoms with Crippen LogP contribution in [0.2, 0.25) is 0 Å². The van der Waals surface area contributed by atoms with Gasteiger partial charge < -0.3 is 15.5 Å². The summed E-state index contributed by atoms with van der Waals surface area (Å²) in [5.41, 5.74) is 8.54. The first-order valence-corrected chi connectivity index (χ1v) is 5.80. The lowest BCUT2D eigenvalue weighted by Gasteiger charge is -2.18. The van der Waals surface area contributed by atoms with E-state index in [1.165, 1.54) is 0 Å². The molecule has 0 unspecified atom stereocenters. The van der Waals surface area contributed by atoms with Gasteiger partial charge in [0.05, 0.1) is 16.6 Å². The average molecular weight is 233 g/mol. The Bertz CT molecular complexity index is 511. The Morgan fingerprint density at radius 2 is 2.12 bits per heavy atom. The minimum absolute atomic E-state index is 0.157. The highest BCUT2D eigenvalue weighted by atomic mass is 16.5. The molecule has 3 N–H and O–H groups in total. The van der Waals surface area contributed by atoms with Gasteiger partial charge in [-0.25, -0.2) is 4.98 Å². The number of imidazole rings is 1. The van der Waals surface area contributed by atoms with Crippen LogP contribution < -0.4 is 5.73 Å². The van der Waals surface area contributed by atoms with E-state index in [0.717, 1.165) is 22.4 Å². The van der Waals surface area contributed by atoms with Gasteiger partial charge in [-0.15, -0.1) is 0 Å². The van der Waals surface area contributed by atoms with Crippen molar-refractivity contribution in [2.75, 3.05) is 0 Å². The molecule has 0 bridgehead atoms. The summed E-state index contributed by atoms with van der Waals surface area (Å²) in [5, 5.41) is 0. The van der Waals surface area contributed by atoms with E-state index in [1.807, 2.05) is 39.0 Å². The fourth-order valence-corrected chi connectivity index (χ4v) is 1.66. The third-order valence-electron chi connectivity index (χ3n) is 2.51. The SMILES string of the molecule is CC(C)(C)OCc1nc2c(CN)cccc2[nH]1. The van der Waals surface area contributed by atoms with Crippen LogP contribution in [0, 0.1) is 0 Å². The predicted molar refractivity (Wildman–Crippen MR) is 68.5 cm³/mol. The summed E-state index contributed by atoms with van der Waals surface area (Å²) in [6.07, 6.45) is 0. The van der Waals surface area contributed by atoms with Gasteiger partial charge in [0.25, 0.3) is 0 Å². The monoisotopic (exact) mass is 233 g/mol. The molecule has 92 valence electrons. The van der Waals surface area contributed by atoms with Gasteiger partial charge in [0, 0.05) is 6.54 Å². The predicted octanol–water partition coefficient (Wildman–Crippen LogP) is 2.34. The number of nitrogens with zero attached hydrogens (tertiary/aromatic N) is 1. The molecule has 17 heavy (non-hydrogen) atoms. The summed E-state index contributed by atoms with van der Waals surface area (Å²) < 4.78 is 5.69. The summed E-state index contributed by atoms with van der Waals surface area (Å²) >= 11 is 0. The first-order chi connectivity index (χ1) is 7.99. The topological polar surface area (TPSA) is 63.9 Å². The molecule has 1 aromatic heterocycles. The summed E-state index contributed by atoms with van der Waals surface area (Å²) in [4.78, 5) is 7.78. The van der Waals surface area contributed by atoms with Gasteiger partial charge in [-0.1, -0.05) is 12.1 Å². The minimum atomic E-state index is -0.157. The van der Waals surface area contributed by atoms with Crippen molar-refractivity contribution < 1.29 is 4.74 Å². The lowest BCUT2D eigenvalue weighted by molar-refractivity contribution is -0.0177.